The van der Waals surface area contributed by atoms with Crippen LogP contribution in [0.1, 0.15) is 17.8 Å². The molecular weight excluding hydrogens is 404 g/mol. The van der Waals surface area contributed by atoms with Crippen molar-refractivity contribution in [2.24, 2.45) is 10.7 Å². The molecule has 0 spiro atoms. The van der Waals surface area contributed by atoms with E-state index in [0.717, 1.165) is 27.3 Å². The molecular formula is C21H22N4O4S. The second kappa shape index (κ2) is 8.76. The monoisotopic (exact) mass is 426 g/mol. The van der Waals surface area contributed by atoms with E-state index in [2.05, 4.69) is 15.0 Å². The number of pyridine rings is 1. The van der Waals surface area contributed by atoms with Crippen molar-refractivity contribution in [3.63, 3.8) is 0 Å². The summed E-state index contributed by atoms with van der Waals surface area (Å²) in [4.78, 5) is 23.4. The number of fused-ring (bicyclic) bond motifs is 1. The van der Waals surface area contributed by atoms with E-state index < -0.39 is 0 Å². The van der Waals surface area contributed by atoms with Gasteiger partial charge in [-0.2, -0.15) is 0 Å². The van der Waals surface area contributed by atoms with Crippen molar-refractivity contribution in [3.8, 4) is 17.2 Å². The number of benzene rings is 1. The van der Waals surface area contributed by atoms with Crippen LogP contribution in [0.15, 0.2) is 41.5 Å². The molecule has 2 aromatic heterocycles. The van der Waals surface area contributed by atoms with Gasteiger partial charge in [-0.15, -0.1) is 0 Å². The van der Waals surface area contributed by atoms with Crippen LogP contribution < -0.4 is 15.2 Å². The Morgan fingerprint density at radius 2 is 2.13 bits per heavy atom. The molecule has 0 fully saturated rings. The van der Waals surface area contributed by atoms with Gasteiger partial charge in [-0.25, -0.2) is 0 Å². The third-order valence-corrected chi connectivity index (χ3v) is 5.81. The summed E-state index contributed by atoms with van der Waals surface area (Å²) < 4.78 is 16.6. The Labute approximate surface area is 177 Å². The van der Waals surface area contributed by atoms with Gasteiger partial charge in [0.25, 0.3) is 0 Å². The zero-order valence-corrected chi connectivity index (χ0v) is 17.5. The van der Waals surface area contributed by atoms with Crippen molar-refractivity contribution < 1.29 is 19.0 Å². The lowest BCUT2D eigenvalue weighted by molar-refractivity contribution is -0.117. The minimum atomic E-state index is -0.311. The Kier molecular flexibility index (Phi) is 5.91. The Bertz CT molecular complexity index is 1090. The third kappa shape index (κ3) is 4.42. The summed E-state index contributed by atoms with van der Waals surface area (Å²) in [6.07, 6.45) is 1.98. The Morgan fingerprint density at radius 1 is 1.27 bits per heavy atom. The molecule has 1 atom stereocenters. The SMILES string of the molecule is COCc1ccc(Oc2cc(OC)c3[nH]c(C4=NCC(CC(N)=O)S4)cc3c2)cn1. The first-order valence-electron chi connectivity index (χ1n) is 9.38. The average molecular weight is 426 g/mol. The largest absolute Gasteiger partial charge is 0.494 e. The van der Waals surface area contributed by atoms with Crippen LogP contribution in [0.4, 0.5) is 0 Å². The maximum Gasteiger partial charge on any atom is 0.218 e. The van der Waals surface area contributed by atoms with Gasteiger partial charge in [-0.1, -0.05) is 11.8 Å². The first-order chi connectivity index (χ1) is 14.6. The van der Waals surface area contributed by atoms with E-state index in [-0.39, 0.29) is 11.2 Å². The number of primary amides is 1. The van der Waals surface area contributed by atoms with E-state index in [1.165, 1.54) is 0 Å². The number of ether oxygens (including phenoxy) is 3. The maximum atomic E-state index is 11.2. The third-order valence-electron chi connectivity index (χ3n) is 4.59. The molecule has 3 aromatic rings. The molecule has 0 saturated heterocycles. The van der Waals surface area contributed by atoms with Gasteiger partial charge in [0, 0.05) is 30.2 Å². The quantitative estimate of drug-likeness (QED) is 0.572. The number of hydrogen-bond acceptors (Lipinski definition) is 7. The molecule has 9 heteroatoms. The highest BCUT2D eigenvalue weighted by Crippen LogP contribution is 2.35. The predicted octanol–water partition coefficient (Wildman–Crippen LogP) is 3.25. The number of rotatable bonds is 8. The van der Waals surface area contributed by atoms with Crippen molar-refractivity contribution >= 4 is 33.6 Å². The van der Waals surface area contributed by atoms with E-state index in [0.29, 0.717) is 36.8 Å². The van der Waals surface area contributed by atoms with Gasteiger partial charge in [0.2, 0.25) is 5.91 Å². The van der Waals surface area contributed by atoms with Gasteiger partial charge < -0.3 is 24.9 Å². The molecule has 30 heavy (non-hydrogen) atoms. The van der Waals surface area contributed by atoms with Crippen LogP contribution in [0.5, 0.6) is 17.2 Å². The van der Waals surface area contributed by atoms with Gasteiger partial charge in [0.15, 0.2) is 0 Å². The number of methoxy groups -OCH3 is 2. The fourth-order valence-electron chi connectivity index (χ4n) is 3.26. The summed E-state index contributed by atoms with van der Waals surface area (Å²) >= 11 is 1.56. The van der Waals surface area contributed by atoms with Gasteiger partial charge in [0.05, 0.1) is 43.4 Å². The number of aliphatic imine (C=N–C) groups is 1. The number of aromatic amines is 1. The number of nitrogens with one attached hydrogen (secondary N) is 1. The topological polar surface area (TPSA) is 112 Å². The fourth-order valence-corrected chi connectivity index (χ4v) is 4.36. The molecule has 0 bridgehead atoms. The molecule has 1 aliphatic rings. The lowest BCUT2D eigenvalue weighted by Crippen LogP contribution is -2.18. The first-order valence-corrected chi connectivity index (χ1v) is 10.3. The standard InChI is InChI=1S/C21H22N4O4S/c1-27-11-13-3-4-14(9-23-13)29-15-5-12-6-17(25-20(12)18(7-15)28-2)21-24-10-16(30-21)8-19(22)26/h3-7,9,16,25H,8,10-11H2,1-2H3,(H2,22,26). The van der Waals surface area contributed by atoms with Crippen molar-refractivity contribution in [3.05, 3.63) is 47.9 Å². The second-order valence-corrected chi connectivity index (χ2v) is 8.14. The average Bonchev–Trinajstić information content (AvgIpc) is 3.35. The highest BCUT2D eigenvalue weighted by atomic mass is 32.2. The molecule has 0 radical (unpaired) electrons. The Balaban J connectivity index is 1.57. The highest BCUT2D eigenvalue weighted by Gasteiger charge is 2.24. The second-order valence-electron chi connectivity index (χ2n) is 6.85. The normalized spacial score (nSPS) is 15.9. The number of amides is 1. The highest BCUT2D eigenvalue weighted by molar-refractivity contribution is 8.15. The van der Waals surface area contributed by atoms with E-state index in [1.54, 1.807) is 32.2 Å². The van der Waals surface area contributed by atoms with Crippen LogP contribution in [0, 0.1) is 0 Å². The van der Waals surface area contributed by atoms with E-state index in [9.17, 15) is 4.79 Å². The number of carbonyl (C=O) groups is 1. The van der Waals surface area contributed by atoms with E-state index in [1.807, 2.05) is 30.3 Å². The van der Waals surface area contributed by atoms with Crippen LogP contribution in [0.25, 0.3) is 10.9 Å². The molecule has 8 nitrogen and oxygen atoms in total. The minimum Gasteiger partial charge on any atom is -0.494 e. The smallest absolute Gasteiger partial charge is 0.218 e. The number of thioether (sulfide) groups is 1. The summed E-state index contributed by atoms with van der Waals surface area (Å²) in [6, 6.07) is 9.47. The summed E-state index contributed by atoms with van der Waals surface area (Å²) in [5.74, 6) is 1.61. The number of nitrogens with two attached hydrogens (primary N) is 1. The molecule has 1 amide bonds. The lowest BCUT2D eigenvalue weighted by atomic mass is 10.2. The summed E-state index contributed by atoms with van der Waals surface area (Å²) in [5, 5.41) is 1.88. The first kappa shape index (κ1) is 20.2. The number of nitrogens with zero attached hydrogens (tertiary/aromatic N) is 2. The number of hydrogen-bond donors (Lipinski definition) is 2. The molecule has 1 aliphatic heterocycles. The van der Waals surface area contributed by atoms with Crippen LogP contribution in [-0.4, -0.2) is 46.9 Å². The molecule has 156 valence electrons. The zero-order chi connectivity index (χ0) is 21.1. The molecule has 4 rings (SSSR count). The van der Waals surface area contributed by atoms with Gasteiger partial charge in [-0.3, -0.25) is 14.8 Å². The number of aromatic nitrogens is 2. The van der Waals surface area contributed by atoms with Crippen LogP contribution in [-0.2, 0) is 16.1 Å². The van der Waals surface area contributed by atoms with Crippen molar-refractivity contribution in [2.45, 2.75) is 18.3 Å². The number of carbonyl (C=O) groups excluding carboxylic acids is 1. The van der Waals surface area contributed by atoms with Crippen molar-refractivity contribution in [1.82, 2.24) is 9.97 Å². The Morgan fingerprint density at radius 3 is 2.83 bits per heavy atom. The van der Waals surface area contributed by atoms with E-state index in [4.69, 9.17) is 19.9 Å². The van der Waals surface area contributed by atoms with Crippen LogP contribution >= 0.6 is 11.8 Å². The molecule has 0 saturated carbocycles. The van der Waals surface area contributed by atoms with Crippen LogP contribution in [0.2, 0.25) is 0 Å². The predicted molar refractivity (Wildman–Crippen MR) is 116 cm³/mol. The summed E-state index contributed by atoms with van der Waals surface area (Å²) in [5.41, 5.74) is 7.87. The zero-order valence-electron chi connectivity index (χ0n) is 16.7. The van der Waals surface area contributed by atoms with Gasteiger partial charge >= 0.3 is 0 Å². The van der Waals surface area contributed by atoms with Crippen molar-refractivity contribution in [1.29, 1.82) is 0 Å². The van der Waals surface area contributed by atoms with Gasteiger partial charge in [-0.05, 0) is 24.3 Å². The van der Waals surface area contributed by atoms with Gasteiger partial charge in [0.1, 0.15) is 22.3 Å². The molecule has 3 N–H and O–H groups in total. The van der Waals surface area contributed by atoms with Crippen molar-refractivity contribution in [2.75, 3.05) is 20.8 Å². The van der Waals surface area contributed by atoms with Crippen LogP contribution in [0.3, 0.4) is 0 Å². The minimum absolute atomic E-state index is 0.0817. The molecule has 3 heterocycles. The molecule has 1 unspecified atom stereocenters. The summed E-state index contributed by atoms with van der Waals surface area (Å²) in [6.45, 7) is 1.03. The molecule has 1 aromatic carbocycles. The Hall–Kier alpha value is -3.04. The lowest BCUT2D eigenvalue weighted by Gasteiger charge is -2.09. The summed E-state index contributed by atoms with van der Waals surface area (Å²) in [7, 11) is 3.25. The molecule has 0 aliphatic carbocycles. The fraction of sp³-hybridized carbons (Fsp3) is 0.286. The number of H-pyrrole nitrogens is 1. The van der Waals surface area contributed by atoms with E-state index >= 15 is 0 Å². The maximum absolute atomic E-state index is 11.2.